The summed E-state index contributed by atoms with van der Waals surface area (Å²) in [5, 5.41) is 11.0. The predicted octanol–water partition coefficient (Wildman–Crippen LogP) is 6.62. The van der Waals surface area contributed by atoms with E-state index in [1.165, 1.54) is 23.3 Å². The van der Waals surface area contributed by atoms with Gasteiger partial charge in [-0.1, -0.05) is 71.2 Å². The molecule has 0 saturated heterocycles. The van der Waals surface area contributed by atoms with Crippen molar-refractivity contribution in [2.75, 3.05) is 12.3 Å². The number of halogens is 4. The SMILES string of the molecule is Nc1c(Cl)cc(Cl)c(F)c1C(=O)N(Cc1ccc(C2CC2)cc1)C[C@@H](O)c1ccc(Cl)cc1. The standard InChI is InChI=1S/C25H22Cl3FN2O2/c26-18-9-7-17(8-10-18)21(32)13-31(12-14-1-3-15(4-2-14)16-5-6-16)25(33)22-23(29)19(27)11-20(28)24(22)30/h1-4,7-11,16,21,32H,5-6,12-13,30H2/t21-/m1/s1. The summed E-state index contributed by atoms with van der Waals surface area (Å²) in [6.07, 6.45) is 1.34. The van der Waals surface area contributed by atoms with Gasteiger partial charge in [-0.2, -0.15) is 0 Å². The highest BCUT2D eigenvalue weighted by atomic mass is 35.5. The van der Waals surface area contributed by atoms with Crippen LogP contribution in [0.2, 0.25) is 15.1 Å². The number of benzene rings is 3. The Morgan fingerprint density at radius 1 is 1.06 bits per heavy atom. The monoisotopic (exact) mass is 506 g/mol. The molecule has 0 unspecified atom stereocenters. The molecule has 3 N–H and O–H groups in total. The third-order valence-corrected chi connectivity index (χ3v) is 6.60. The van der Waals surface area contributed by atoms with Crippen LogP contribution >= 0.6 is 34.8 Å². The molecule has 33 heavy (non-hydrogen) atoms. The van der Waals surface area contributed by atoms with Gasteiger partial charge in [-0.05, 0) is 53.6 Å². The Morgan fingerprint density at radius 3 is 2.30 bits per heavy atom. The van der Waals surface area contributed by atoms with E-state index in [-0.39, 0.29) is 28.8 Å². The minimum absolute atomic E-state index is 0.0169. The number of nitrogens with two attached hydrogens (primary N) is 1. The molecule has 4 nitrogen and oxygen atoms in total. The van der Waals surface area contributed by atoms with Crippen LogP contribution in [0.4, 0.5) is 10.1 Å². The summed E-state index contributed by atoms with van der Waals surface area (Å²) >= 11 is 17.9. The van der Waals surface area contributed by atoms with Crippen LogP contribution in [0.5, 0.6) is 0 Å². The Kier molecular flexibility index (Phi) is 7.15. The fourth-order valence-electron chi connectivity index (χ4n) is 3.73. The highest BCUT2D eigenvalue weighted by molar-refractivity contribution is 6.37. The Hall–Kier alpha value is -2.31. The van der Waals surface area contributed by atoms with E-state index in [2.05, 4.69) is 0 Å². The first kappa shape index (κ1) is 23.8. The van der Waals surface area contributed by atoms with Crippen molar-refractivity contribution in [2.24, 2.45) is 0 Å². The third kappa shape index (κ3) is 5.44. The summed E-state index contributed by atoms with van der Waals surface area (Å²) in [7, 11) is 0. The maximum Gasteiger partial charge on any atom is 0.259 e. The van der Waals surface area contributed by atoms with Crippen molar-refractivity contribution in [3.63, 3.8) is 0 Å². The first-order chi connectivity index (χ1) is 15.7. The fraction of sp³-hybridized carbons (Fsp3) is 0.240. The maximum absolute atomic E-state index is 14.9. The van der Waals surface area contributed by atoms with E-state index >= 15 is 0 Å². The van der Waals surface area contributed by atoms with Crippen LogP contribution in [0.25, 0.3) is 0 Å². The van der Waals surface area contributed by atoms with E-state index in [9.17, 15) is 14.3 Å². The molecule has 4 rings (SSSR count). The normalized spacial score (nSPS) is 14.2. The average Bonchev–Trinajstić information content (AvgIpc) is 3.64. The fourth-order valence-corrected chi connectivity index (χ4v) is 4.32. The third-order valence-electron chi connectivity index (χ3n) is 5.76. The minimum atomic E-state index is -1.03. The van der Waals surface area contributed by atoms with Gasteiger partial charge in [0.1, 0.15) is 5.56 Å². The summed E-state index contributed by atoms with van der Waals surface area (Å²) in [5.41, 5.74) is 8.00. The number of anilines is 1. The van der Waals surface area contributed by atoms with Gasteiger partial charge in [0.05, 0.1) is 28.4 Å². The van der Waals surface area contributed by atoms with Crippen LogP contribution in [0.3, 0.4) is 0 Å². The van der Waals surface area contributed by atoms with Crippen LogP contribution in [-0.4, -0.2) is 22.5 Å². The molecule has 3 aromatic rings. The lowest BCUT2D eigenvalue weighted by atomic mass is 10.0. The summed E-state index contributed by atoms with van der Waals surface area (Å²) in [6, 6.07) is 15.8. The lowest BCUT2D eigenvalue weighted by molar-refractivity contribution is 0.0600. The zero-order valence-corrected chi connectivity index (χ0v) is 19.8. The van der Waals surface area contributed by atoms with Gasteiger partial charge >= 0.3 is 0 Å². The number of amides is 1. The topological polar surface area (TPSA) is 66.6 Å². The van der Waals surface area contributed by atoms with Gasteiger partial charge in [0.2, 0.25) is 0 Å². The van der Waals surface area contributed by atoms with Crippen molar-refractivity contribution in [2.45, 2.75) is 31.4 Å². The lowest BCUT2D eigenvalue weighted by Gasteiger charge is -2.27. The molecule has 0 spiro atoms. The summed E-state index contributed by atoms with van der Waals surface area (Å²) in [4.78, 5) is 14.8. The lowest BCUT2D eigenvalue weighted by Crippen LogP contribution is -2.35. The molecule has 0 radical (unpaired) electrons. The van der Waals surface area contributed by atoms with Gasteiger partial charge in [0.15, 0.2) is 5.82 Å². The minimum Gasteiger partial charge on any atom is -0.397 e. The Morgan fingerprint density at radius 2 is 1.70 bits per heavy atom. The van der Waals surface area contributed by atoms with E-state index < -0.39 is 23.4 Å². The Balaban J connectivity index is 1.65. The van der Waals surface area contributed by atoms with E-state index in [1.54, 1.807) is 24.3 Å². The number of aliphatic hydroxyl groups excluding tert-OH is 1. The summed E-state index contributed by atoms with van der Waals surface area (Å²) in [5.74, 6) is -1.06. The molecular formula is C25H22Cl3FN2O2. The van der Waals surface area contributed by atoms with Crippen molar-refractivity contribution in [1.82, 2.24) is 4.90 Å². The molecule has 0 aromatic heterocycles. The molecule has 1 aliphatic carbocycles. The number of hydrogen-bond donors (Lipinski definition) is 2. The molecule has 1 amide bonds. The van der Waals surface area contributed by atoms with Crippen molar-refractivity contribution in [3.8, 4) is 0 Å². The smallest absolute Gasteiger partial charge is 0.259 e. The summed E-state index contributed by atoms with van der Waals surface area (Å²) in [6.45, 7) is 0.0330. The number of nitrogens with zero attached hydrogens (tertiary/aromatic N) is 1. The van der Waals surface area contributed by atoms with Gasteiger partial charge in [0, 0.05) is 11.6 Å². The molecule has 1 aliphatic rings. The quantitative estimate of drug-likeness (QED) is 0.279. The molecule has 0 aliphatic heterocycles. The van der Waals surface area contributed by atoms with Crippen molar-refractivity contribution in [1.29, 1.82) is 0 Å². The number of nitrogen functional groups attached to an aromatic ring is 1. The van der Waals surface area contributed by atoms with Crippen molar-refractivity contribution >= 4 is 46.4 Å². The number of carbonyl (C=O) groups is 1. The Bertz CT molecular complexity index is 1140. The second-order valence-electron chi connectivity index (χ2n) is 8.21. The molecule has 3 aromatic carbocycles. The first-order valence-electron chi connectivity index (χ1n) is 10.5. The highest BCUT2D eigenvalue weighted by Gasteiger charge is 2.28. The first-order valence-corrected chi connectivity index (χ1v) is 11.6. The van der Waals surface area contributed by atoms with Gasteiger partial charge in [-0.3, -0.25) is 4.79 Å². The Labute approximate surface area is 206 Å². The van der Waals surface area contributed by atoms with E-state index in [0.717, 1.165) is 11.6 Å². The molecular weight excluding hydrogens is 486 g/mol. The number of hydrogen-bond acceptors (Lipinski definition) is 3. The molecule has 1 fully saturated rings. The van der Waals surface area contributed by atoms with Gasteiger partial charge in [-0.15, -0.1) is 0 Å². The molecule has 1 saturated carbocycles. The van der Waals surface area contributed by atoms with Crippen LogP contribution in [0.1, 0.15) is 51.9 Å². The molecule has 0 bridgehead atoms. The van der Waals surface area contributed by atoms with Gasteiger partial charge in [0.25, 0.3) is 5.91 Å². The predicted molar refractivity (Wildman–Crippen MR) is 130 cm³/mol. The van der Waals surface area contributed by atoms with Crippen molar-refractivity contribution < 1.29 is 14.3 Å². The van der Waals surface area contributed by atoms with E-state index in [4.69, 9.17) is 40.5 Å². The summed E-state index contributed by atoms with van der Waals surface area (Å²) < 4.78 is 14.9. The number of rotatable bonds is 7. The van der Waals surface area contributed by atoms with Crippen molar-refractivity contribution in [3.05, 3.63) is 97.7 Å². The second-order valence-corrected chi connectivity index (χ2v) is 9.46. The maximum atomic E-state index is 14.9. The largest absolute Gasteiger partial charge is 0.397 e. The molecule has 8 heteroatoms. The van der Waals surface area contributed by atoms with Crippen LogP contribution in [0, 0.1) is 5.82 Å². The zero-order chi connectivity index (χ0) is 23.7. The van der Waals surface area contributed by atoms with Crippen LogP contribution < -0.4 is 5.73 Å². The van der Waals surface area contributed by atoms with Crippen LogP contribution in [0.15, 0.2) is 54.6 Å². The van der Waals surface area contributed by atoms with E-state index in [0.29, 0.717) is 16.5 Å². The van der Waals surface area contributed by atoms with E-state index in [1.807, 2.05) is 24.3 Å². The van der Waals surface area contributed by atoms with Gasteiger partial charge in [-0.25, -0.2) is 4.39 Å². The van der Waals surface area contributed by atoms with Crippen LogP contribution in [-0.2, 0) is 6.54 Å². The molecule has 0 heterocycles. The molecule has 172 valence electrons. The van der Waals surface area contributed by atoms with Gasteiger partial charge < -0.3 is 15.7 Å². The number of aliphatic hydroxyl groups is 1. The highest BCUT2D eigenvalue weighted by Crippen LogP contribution is 2.40. The second kappa shape index (κ2) is 9.90. The zero-order valence-electron chi connectivity index (χ0n) is 17.6. The number of carbonyl (C=O) groups excluding carboxylic acids is 1. The molecule has 1 atom stereocenters. The average molecular weight is 508 g/mol.